The van der Waals surface area contributed by atoms with Gasteiger partial charge in [0.05, 0.1) is 0 Å². The highest BCUT2D eigenvalue weighted by molar-refractivity contribution is 5.76. The Morgan fingerprint density at radius 1 is 1.60 bits per heavy atom. The number of likely N-dealkylation sites (tertiary alicyclic amines) is 1. The van der Waals surface area contributed by atoms with Crippen LogP contribution in [0.15, 0.2) is 0 Å². The van der Waals surface area contributed by atoms with Gasteiger partial charge in [0, 0.05) is 25.6 Å². The van der Waals surface area contributed by atoms with Gasteiger partial charge >= 0.3 is 0 Å². The van der Waals surface area contributed by atoms with Crippen molar-refractivity contribution in [1.29, 1.82) is 0 Å². The minimum atomic E-state index is 0.290. The molecule has 1 rings (SSSR count). The van der Waals surface area contributed by atoms with Gasteiger partial charge in [-0.25, -0.2) is 0 Å². The molecule has 3 heteroatoms. The molecule has 0 aromatic rings. The lowest BCUT2D eigenvalue weighted by atomic mass is 10.1. The van der Waals surface area contributed by atoms with Crippen molar-refractivity contribution < 1.29 is 4.79 Å². The topological polar surface area (TPSA) is 23.6 Å². The Bertz CT molecular complexity index is 218. The lowest BCUT2D eigenvalue weighted by Gasteiger charge is -2.26. The van der Waals surface area contributed by atoms with Crippen LogP contribution < -0.4 is 0 Å². The fourth-order valence-corrected chi connectivity index (χ4v) is 2.33. The highest BCUT2D eigenvalue weighted by Crippen LogP contribution is 2.16. The zero-order valence-corrected chi connectivity index (χ0v) is 10.5. The van der Waals surface area contributed by atoms with Crippen LogP contribution in [0.1, 0.15) is 26.7 Å². The van der Waals surface area contributed by atoms with E-state index in [0.29, 0.717) is 12.5 Å². The SMILES string of the molecule is CC(=O)CC(C)N(C)CC1CCN(C)C1. The molecule has 0 saturated carbocycles. The van der Waals surface area contributed by atoms with Crippen LogP contribution in [0.2, 0.25) is 0 Å². The summed E-state index contributed by atoms with van der Waals surface area (Å²) in [5, 5.41) is 0. The molecule has 1 saturated heterocycles. The number of nitrogens with zero attached hydrogens (tertiary/aromatic N) is 2. The van der Waals surface area contributed by atoms with Crippen molar-refractivity contribution in [2.45, 2.75) is 32.7 Å². The molecule has 0 amide bonds. The molecule has 0 aromatic heterocycles. The van der Waals surface area contributed by atoms with Gasteiger partial charge in [0.25, 0.3) is 0 Å². The van der Waals surface area contributed by atoms with E-state index in [9.17, 15) is 4.79 Å². The minimum Gasteiger partial charge on any atom is -0.306 e. The second kappa shape index (κ2) is 5.61. The van der Waals surface area contributed by atoms with Crippen LogP contribution >= 0.6 is 0 Å². The Kier molecular flexibility index (Phi) is 4.74. The van der Waals surface area contributed by atoms with Crippen molar-refractivity contribution in [2.75, 3.05) is 33.7 Å². The summed E-state index contributed by atoms with van der Waals surface area (Å²) in [6.07, 6.45) is 1.98. The van der Waals surface area contributed by atoms with Crippen LogP contribution in [-0.2, 0) is 4.79 Å². The second-order valence-electron chi connectivity index (χ2n) is 5.11. The van der Waals surface area contributed by atoms with Gasteiger partial charge in [0.15, 0.2) is 0 Å². The quantitative estimate of drug-likeness (QED) is 0.685. The van der Waals surface area contributed by atoms with Crippen LogP contribution in [0.4, 0.5) is 0 Å². The second-order valence-corrected chi connectivity index (χ2v) is 5.11. The number of hydrogen-bond donors (Lipinski definition) is 0. The third-order valence-corrected chi connectivity index (χ3v) is 3.37. The van der Waals surface area contributed by atoms with Gasteiger partial charge in [-0.15, -0.1) is 0 Å². The maximum atomic E-state index is 11.0. The average molecular weight is 212 g/mol. The largest absolute Gasteiger partial charge is 0.306 e. The molecule has 1 aliphatic heterocycles. The first-order chi connectivity index (χ1) is 6.99. The molecule has 88 valence electrons. The predicted octanol–water partition coefficient (Wildman–Crippen LogP) is 1.24. The molecule has 2 atom stereocenters. The molecule has 0 spiro atoms. The van der Waals surface area contributed by atoms with Crippen LogP contribution in [0.5, 0.6) is 0 Å². The van der Waals surface area contributed by atoms with Crippen LogP contribution in [0.25, 0.3) is 0 Å². The van der Waals surface area contributed by atoms with Crippen LogP contribution in [-0.4, -0.2) is 55.4 Å². The number of Topliss-reactive ketones (excluding diaryl/α,β-unsaturated/α-hetero) is 1. The zero-order chi connectivity index (χ0) is 11.4. The van der Waals surface area contributed by atoms with E-state index in [-0.39, 0.29) is 5.78 Å². The van der Waals surface area contributed by atoms with E-state index >= 15 is 0 Å². The molecule has 0 aliphatic carbocycles. The summed E-state index contributed by atoms with van der Waals surface area (Å²) in [7, 11) is 4.31. The van der Waals surface area contributed by atoms with Gasteiger partial charge < -0.3 is 9.80 Å². The Hall–Kier alpha value is -0.410. The zero-order valence-electron chi connectivity index (χ0n) is 10.5. The number of carbonyl (C=O) groups excluding carboxylic acids is 1. The van der Waals surface area contributed by atoms with Gasteiger partial charge in [-0.05, 0) is 46.8 Å². The Morgan fingerprint density at radius 2 is 2.27 bits per heavy atom. The third kappa shape index (κ3) is 4.31. The first-order valence-electron chi connectivity index (χ1n) is 5.87. The van der Waals surface area contributed by atoms with Crippen molar-refractivity contribution in [1.82, 2.24) is 9.80 Å². The first kappa shape index (κ1) is 12.7. The fraction of sp³-hybridized carbons (Fsp3) is 0.917. The highest BCUT2D eigenvalue weighted by atomic mass is 16.1. The van der Waals surface area contributed by atoms with Gasteiger partial charge in [0.2, 0.25) is 0 Å². The van der Waals surface area contributed by atoms with Crippen molar-refractivity contribution >= 4 is 5.78 Å². The summed E-state index contributed by atoms with van der Waals surface area (Å²) in [4.78, 5) is 15.7. The van der Waals surface area contributed by atoms with E-state index in [1.54, 1.807) is 6.92 Å². The third-order valence-electron chi connectivity index (χ3n) is 3.37. The van der Waals surface area contributed by atoms with Crippen LogP contribution in [0.3, 0.4) is 0 Å². The van der Waals surface area contributed by atoms with Gasteiger partial charge in [-0.2, -0.15) is 0 Å². The molecular formula is C12H24N2O. The van der Waals surface area contributed by atoms with E-state index in [4.69, 9.17) is 0 Å². The summed E-state index contributed by atoms with van der Waals surface area (Å²) in [5.74, 6) is 1.08. The maximum absolute atomic E-state index is 11.0. The number of hydrogen-bond acceptors (Lipinski definition) is 3. The highest BCUT2D eigenvalue weighted by Gasteiger charge is 2.22. The molecule has 1 aliphatic rings. The van der Waals surface area contributed by atoms with Gasteiger partial charge in [-0.3, -0.25) is 4.79 Å². The number of rotatable bonds is 5. The average Bonchev–Trinajstić information content (AvgIpc) is 2.50. The number of carbonyl (C=O) groups is 1. The molecular weight excluding hydrogens is 188 g/mol. The normalized spacial score (nSPS) is 24.7. The monoisotopic (exact) mass is 212 g/mol. The van der Waals surface area contributed by atoms with Crippen molar-refractivity contribution in [3.05, 3.63) is 0 Å². The molecule has 3 nitrogen and oxygen atoms in total. The summed E-state index contributed by atoms with van der Waals surface area (Å²) in [6.45, 7) is 7.36. The van der Waals surface area contributed by atoms with E-state index in [1.807, 2.05) is 0 Å². The van der Waals surface area contributed by atoms with Crippen LogP contribution in [0, 0.1) is 5.92 Å². The van der Waals surface area contributed by atoms with Crippen molar-refractivity contribution in [2.24, 2.45) is 5.92 Å². The first-order valence-corrected chi connectivity index (χ1v) is 5.87. The van der Waals surface area contributed by atoms with E-state index < -0.39 is 0 Å². The Morgan fingerprint density at radius 3 is 2.73 bits per heavy atom. The maximum Gasteiger partial charge on any atom is 0.131 e. The van der Waals surface area contributed by atoms with E-state index in [2.05, 4.69) is 30.8 Å². The fourth-order valence-electron chi connectivity index (χ4n) is 2.33. The molecule has 0 bridgehead atoms. The van der Waals surface area contributed by atoms with Gasteiger partial charge in [0.1, 0.15) is 5.78 Å². The smallest absolute Gasteiger partial charge is 0.131 e. The summed E-state index contributed by atoms with van der Waals surface area (Å²) < 4.78 is 0. The lowest BCUT2D eigenvalue weighted by molar-refractivity contribution is -0.118. The van der Waals surface area contributed by atoms with Crippen molar-refractivity contribution in [3.8, 4) is 0 Å². The summed E-state index contributed by atoms with van der Waals surface area (Å²) >= 11 is 0. The molecule has 0 radical (unpaired) electrons. The standard InChI is InChI=1S/C12H24N2O/c1-10(7-11(2)15)14(4)9-12-5-6-13(3)8-12/h10,12H,5-9H2,1-4H3. The Labute approximate surface area is 93.4 Å². The molecule has 0 aromatic carbocycles. The molecule has 1 heterocycles. The molecule has 0 N–H and O–H groups in total. The van der Waals surface area contributed by atoms with E-state index in [1.165, 1.54) is 19.5 Å². The predicted molar refractivity (Wildman–Crippen MR) is 63.0 cm³/mol. The van der Waals surface area contributed by atoms with Crippen molar-refractivity contribution in [3.63, 3.8) is 0 Å². The summed E-state index contributed by atoms with van der Waals surface area (Å²) in [5.41, 5.74) is 0. The van der Waals surface area contributed by atoms with Gasteiger partial charge in [-0.1, -0.05) is 0 Å². The molecule has 15 heavy (non-hydrogen) atoms. The molecule has 2 unspecified atom stereocenters. The van der Waals surface area contributed by atoms with E-state index in [0.717, 1.165) is 12.5 Å². The Balaban J connectivity index is 2.28. The molecule has 1 fully saturated rings. The lowest BCUT2D eigenvalue weighted by Crippen LogP contribution is -2.35. The minimum absolute atomic E-state index is 0.290. The number of ketones is 1. The summed E-state index contributed by atoms with van der Waals surface area (Å²) in [6, 6.07) is 0.383.